The fourth-order valence-corrected chi connectivity index (χ4v) is 4.30. The zero-order valence-electron chi connectivity index (χ0n) is 13.9. The Balaban J connectivity index is 1.56. The molecule has 1 heterocycles. The van der Waals surface area contributed by atoms with Gasteiger partial charge in [-0.1, -0.05) is 18.2 Å². The summed E-state index contributed by atoms with van der Waals surface area (Å²) in [6.07, 6.45) is 3.44. The molecule has 1 aliphatic rings. The van der Waals surface area contributed by atoms with Crippen LogP contribution in [-0.2, 0) is 10.0 Å². The van der Waals surface area contributed by atoms with Crippen LogP contribution in [0, 0.1) is 0 Å². The third-order valence-electron chi connectivity index (χ3n) is 3.88. The van der Waals surface area contributed by atoms with Gasteiger partial charge in [-0.05, 0) is 37.1 Å². The Labute approximate surface area is 148 Å². The highest BCUT2D eigenvalue weighted by Gasteiger charge is 2.25. The Morgan fingerprint density at radius 2 is 1.92 bits per heavy atom. The van der Waals surface area contributed by atoms with E-state index in [-0.39, 0.29) is 12.1 Å². The molecule has 0 aliphatic carbocycles. The van der Waals surface area contributed by atoms with Crippen LogP contribution < -0.4 is 10.6 Å². The first kappa shape index (κ1) is 19.1. The second-order valence-electron chi connectivity index (χ2n) is 5.85. The Bertz CT molecular complexity index is 615. The first-order valence-electron chi connectivity index (χ1n) is 8.12. The van der Waals surface area contributed by atoms with Gasteiger partial charge >= 0.3 is 6.03 Å². The number of rotatable bonds is 7. The summed E-state index contributed by atoms with van der Waals surface area (Å²) in [5.41, 5.74) is 0. The van der Waals surface area contributed by atoms with Crippen LogP contribution >= 0.6 is 11.8 Å². The summed E-state index contributed by atoms with van der Waals surface area (Å²) in [6, 6.07) is 10.1. The van der Waals surface area contributed by atoms with E-state index in [0.29, 0.717) is 32.5 Å². The van der Waals surface area contributed by atoms with Crippen molar-refractivity contribution < 1.29 is 13.2 Å². The molecule has 0 saturated carbocycles. The number of carbonyl (C=O) groups excluding carboxylic acids is 1. The smallest absolute Gasteiger partial charge is 0.315 e. The molecule has 6 nitrogen and oxygen atoms in total. The topological polar surface area (TPSA) is 78.5 Å². The largest absolute Gasteiger partial charge is 0.338 e. The molecule has 1 saturated heterocycles. The Morgan fingerprint density at radius 3 is 2.54 bits per heavy atom. The molecule has 24 heavy (non-hydrogen) atoms. The minimum Gasteiger partial charge on any atom is -0.338 e. The summed E-state index contributed by atoms with van der Waals surface area (Å²) in [7, 11) is -3.12. The third-order valence-corrected chi connectivity index (χ3v) is 6.28. The normalized spacial score (nSPS) is 16.7. The lowest BCUT2D eigenvalue weighted by Crippen LogP contribution is -2.49. The molecule has 0 radical (unpaired) electrons. The number of piperidine rings is 1. The SMILES string of the molecule is CS(=O)(=O)N1CCC(NC(=O)NCCCSc2ccccc2)CC1. The predicted molar refractivity (Wildman–Crippen MR) is 97.8 cm³/mol. The molecule has 2 amide bonds. The van der Waals surface area contributed by atoms with E-state index in [1.165, 1.54) is 15.5 Å². The molecule has 1 aromatic carbocycles. The van der Waals surface area contributed by atoms with Crippen molar-refractivity contribution in [1.29, 1.82) is 0 Å². The van der Waals surface area contributed by atoms with E-state index in [2.05, 4.69) is 22.8 Å². The van der Waals surface area contributed by atoms with Crippen LogP contribution in [0.25, 0.3) is 0 Å². The predicted octanol–water partition coefficient (Wildman–Crippen LogP) is 1.89. The van der Waals surface area contributed by atoms with E-state index in [0.717, 1.165) is 12.2 Å². The van der Waals surface area contributed by atoms with Crippen molar-refractivity contribution in [2.24, 2.45) is 0 Å². The highest BCUT2D eigenvalue weighted by Crippen LogP contribution is 2.17. The van der Waals surface area contributed by atoms with Gasteiger partial charge in [0.05, 0.1) is 6.26 Å². The summed E-state index contributed by atoms with van der Waals surface area (Å²) in [5, 5.41) is 5.78. The minimum absolute atomic E-state index is 0.0432. The molecule has 0 bridgehead atoms. The molecule has 2 rings (SSSR count). The van der Waals surface area contributed by atoms with Gasteiger partial charge < -0.3 is 10.6 Å². The lowest BCUT2D eigenvalue weighted by atomic mass is 10.1. The lowest BCUT2D eigenvalue weighted by molar-refractivity contribution is 0.228. The molecule has 8 heteroatoms. The van der Waals surface area contributed by atoms with E-state index in [1.807, 2.05) is 18.2 Å². The van der Waals surface area contributed by atoms with Crippen LogP contribution in [-0.4, -0.2) is 56.4 Å². The van der Waals surface area contributed by atoms with Crippen molar-refractivity contribution in [1.82, 2.24) is 14.9 Å². The third kappa shape index (κ3) is 6.70. The Morgan fingerprint density at radius 1 is 1.25 bits per heavy atom. The van der Waals surface area contributed by atoms with Gasteiger partial charge in [-0.2, -0.15) is 0 Å². The molecule has 0 atom stereocenters. The fourth-order valence-electron chi connectivity index (χ4n) is 2.55. The average molecular weight is 372 g/mol. The number of nitrogens with one attached hydrogen (secondary N) is 2. The minimum atomic E-state index is -3.12. The van der Waals surface area contributed by atoms with Gasteiger partial charge in [-0.15, -0.1) is 11.8 Å². The van der Waals surface area contributed by atoms with Crippen LogP contribution in [0.4, 0.5) is 4.79 Å². The molecular formula is C16H25N3O3S2. The molecule has 2 N–H and O–H groups in total. The zero-order chi connectivity index (χ0) is 17.4. The molecule has 0 spiro atoms. The van der Waals surface area contributed by atoms with Crippen molar-refractivity contribution in [3.63, 3.8) is 0 Å². The number of benzene rings is 1. The summed E-state index contributed by atoms with van der Waals surface area (Å²) < 4.78 is 24.4. The van der Waals surface area contributed by atoms with Gasteiger partial charge in [-0.25, -0.2) is 17.5 Å². The van der Waals surface area contributed by atoms with Gasteiger partial charge in [0.2, 0.25) is 10.0 Å². The van der Waals surface area contributed by atoms with Gasteiger partial charge in [0.25, 0.3) is 0 Å². The summed E-state index contributed by atoms with van der Waals surface area (Å²) in [4.78, 5) is 13.1. The van der Waals surface area contributed by atoms with E-state index in [4.69, 9.17) is 0 Å². The van der Waals surface area contributed by atoms with E-state index < -0.39 is 10.0 Å². The number of thioether (sulfide) groups is 1. The van der Waals surface area contributed by atoms with Crippen LogP contribution in [0.2, 0.25) is 0 Å². The first-order valence-corrected chi connectivity index (χ1v) is 11.0. The first-order chi connectivity index (χ1) is 11.4. The van der Waals surface area contributed by atoms with Crippen molar-refractivity contribution in [2.45, 2.75) is 30.2 Å². The number of hydrogen-bond donors (Lipinski definition) is 2. The van der Waals surface area contributed by atoms with E-state index >= 15 is 0 Å². The number of urea groups is 1. The maximum absolute atomic E-state index is 11.9. The monoisotopic (exact) mass is 371 g/mol. The van der Waals surface area contributed by atoms with E-state index in [1.54, 1.807) is 11.8 Å². The highest BCUT2D eigenvalue weighted by molar-refractivity contribution is 7.99. The van der Waals surface area contributed by atoms with Gasteiger partial charge in [-0.3, -0.25) is 0 Å². The van der Waals surface area contributed by atoms with Gasteiger partial charge in [0, 0.05) is 30.6 Å². The van der Waals surface area contributed by atoms with Crippen LogP contribution in [0.5, 0.6) is 0 Å². The summed E-state index contributed by atoms with van der Waals surface area (Å²) in [5.74, 6) is 0.955. The molecule has 1 aromatic rings. The quantitative estimate of drug-likeness (QED) is 0.567. The number of nitrogens with zero attached hydrogens (tertiary/aromatic N) is 1. The highest BCUT2D eigenvalue weighted by atomic mass is 32.2. The lowest BCUT2D eigenvalue weighted by Gasteiger charge is -2.30. The van der Waals surface area contributed by atoms with Crippen molar-refractivity contribution in [3.8, 4) is 0 Å². The standard InChI is InChI=1S/C16H25N3O3S2/c1-24(21,22)19-11-8-14(9-12-19)18-16(20)17-10-5-13-23-15-6-3-2-4-7-15/h2-4,6-7,14H,5,8-13H2,1H3,(H2,17,18,20). The second kappa shape index (κ2) is 9.29. The molecule has 1 aliphatic heterocycles. The van der Waals surface area contributed by atoms with Crippen LogP contribution in [0.3, 0.4) is 0 Å². The van der Waals surface area contributed by atoms with Crippen LogP contribution in [0.1, 0.15) is 19.3 Å². The van der Waals surface area contributed by atoms with Crippen LogP contribution in [0.15, 0.2) is 35.2 Å². The summed E-state index contributed by atoms with van der Waals surface area (Å²) in [6.45, 7) is 1.57. The molecule has 0 unspecified atom stereocenters. The molecule has 1 fully saturated rings. The second-order valence-corrected chi connectivity index (χ2v) is 9.00. The van der Waals surface area contributed by atoms with Gasteiger partial charge in [0.15, 0.2) is 0 Å². The number of hydrogen-bond acceptors (Lipinski definition) is 4. The number of carbonyl (C=O) groups is 1. The Kier molecular flexibility index (Phi) is 7.39. The average Bonchev–Trinajstić information content (AvgIpc) is 2.55. The Hall–Kier alpha value is -1.25. The number of amides is 2. The molecule has 134 valence electrons. The zero-order valence-corrected chi connectivity index (χ0v) is 15.5. The van der Waals surface area contributed by atoms with Crippen molar-refractivity contribution >= 4 is 27.8 Å². The maximum Gasteiger partial charge on any atom is 0.315 e. The van der Waals surface area contributed by atoms with Crippen molar-refractivity contribution in [2.75, 3.05) is 31.6 Å². The summed E-state index contributed by atoms with van der Waals surface area (Å²) >= 11 is 1.78. The maximum atomic E-state index is 11.9. The molecule has 0 aromatic heterocycles. The van der Waals surface area contributed by atoms with Crippen molar-refractivity contribution in [3.05, 3.63) is 30.3 Å². The number of sulfonamides is 1. The molecular weight excluding hydrogens is 346 g/mol. The fraction of sp³-hybridized carbons (Fsp3) is 0.562. The van der Waals surface area contributed by atoms with Gasteiger partial charge in [0.1, 0.15) is 0 Å². The van der Waals surface area contributed by atoms with E-state index in [9.17, 15) is 13.2 Å².